The maximum absolute atomic E-state index is 6.92. The Morgan fingerprint density at radius 2 is 1.08 bits per heavy atom. The van der Waals surface area contributed by atoms with E-state index in [0.29, 0.717) is 0 Å². The summed E-state index contributed by atoms with van der Waals surface area (Å²) in [5.41, 5.74) is 16.7. The summed E-state index contributed by atoms with van der Waals surface area (Å²) in [6.07, 6.45) is 6.72. The smallest absolute Gasteiger partial charge is 0.269 e. The van der Waals surface area contributed by atoms with Crippen LogP contribution in [0.2, 0.25) is 0 Å². The van der Waals surface area contributed by atoms with Crippen molar-refractivity contribution in [2.24, 2.45) is 0 Å². The van der Waals surface area contributed by atoms with Crippen LogP contribution in [0, 0.1) is 6.33 Å². The number of nitrogens with zero attached hydrogens (tertiary/aromatic N) is 4. The van der Waals surface area contributed by atoms with E-state index in [2.05, 4.69) is 285 Å². The van der Waals surface area contributed by atoms with Crippen LogP contribution in [0.15, 0.2) is 237 Å². The number of rotatable bonds is 11. The van der Waals surface area contributed by atoms with E-state index in [-0.39, 0.29) is 10.8 Å². The number of hydrogen-bond donors (Lipinski definition) is 0. The predicted octanol–water partition coefficient (Wildman–Crippen LogP) is 16.8. The van der Waals surface area contributed by atoms with Crippen LogP contribution in [0.1, 0.15) is 51.3 Å². The first-order chi connectivity index (χ1) is 35.6. The van der Waals surface area contributed by atoms with Gasteiger partial charge in [-0.05, 0) is 110 Å². The maximum Gasteiger partial charge on any atom is 0.269 e. The van der Waals surface area contributed by atoms with Gasteiger partial charge in [0, 0.05) is 28.6 Å². The number of pyridine rings is 1. The van der Waals surface area contributed by atoms with Crippen molar-refractivity contribution < 1.29 is 9.30 Å². The van der Waals surface area contributed by atoms with Crippen LogP contribution in [-0.4, -0.2) is 14.1 Å². The lowest BCUT2D eigenvalue weighted by Crippen LogP contribution is -2.31. The molecule has 0 spiro atoms. The molecule has 73 heavy (non-hydrogen) atoms. The molecule has 0 aliphatic carbocycles. The molecule has 0 aliphatic heterocycles. The number of ether oxygens (including phenoxy) is 1. The first kappa shape index (κ1) is 45.3. The third-order valence-electron chi connectivity index (χ3n) is 14.4. The van der Waals surface area contributed by atoms with Gasteiger partial charge >= 0.3 is 0 Å². The monoisotopic (exact) mass is 944 g/mol. The highest BCUT2D eigenvalue weighted by molar-refractivity contribution is 6.10. The van der Waals surface area contributed by atoms with Crippen molar-refractivity contribution >= 4 is 32.8 Å². The van der Waals surface area contributed by atoms with Gasteiger partial charge in [0.05, 0.1) is 33.4 Å². The Kier molecular flexibility index (Phi) is 11.4. The quantitative estimate of drug-likeness (QED) is 0.0957. The molecule has 0 aliphatic rings. The Balaban J connectivity index is 0.974. The molecule has 0 atom stereocenters. The van der Waals surface area contributed by atoms with Crippen LogP contribution in [0.5, 0.6) is 11.5 Å². The fourth-order valence-electron chi connectivity index (χ4n) is 10.6. The third-order valence-corrected chi connectivity index (χ3v) is 14.4. The van der Waals surface area contributed by atoms with Crippen molar-refractivity contribution in [1.29, 1.82) is 0 Å². The first-order valence-corrected chi connectivity index (χ1v) is 25.2. The summed E-state index contributed by atoms with van der Waals surface area (Å²) in [5, 5.41) is 2.33. The van der Waals surface area contributed by atoms with Crippen LogP contribution in [0.3, 0.4) is 0 Å². The van der Waals surface area contributed by atoms with Crippen molar-refractivity contribution in [1.82, 2.24) is 14.1 Å². The van der Waals surface area contributed by atoms with Gasteiger partial charge in [0.2, 0.25) is 0 Å². The van der Waals surface area contributed by atoms with E-state index in [1.165, 1.54) is 22.1 Å². The van der Waals surface area contributed by atoms with E-state index in [0.717, 1.165) is 95.9 Å². The summed E-state index contributed by atoms with van der Waals surface area (Å²) in [6, 6.07) is 81.9. The molecule has 0 N–H and O–H groups in total. The second kappa shape index (κ2) is 18.4. The molecule has 0 radical (unpaired) electrons. The van der Waals surface area contributed by atoms with E-state index in [9.17, 15) is 0 Å². The molecule has 3 heterocycles. The first-order valence-electron chi connectivity index (χ1n) is 25.2. The van der Waals surface area contributed by atoms with Gasteiger partial charge in [-0.2, -0.15) is 0 Å². The Bertz CT molecular complexity index is 3900. The van der Waals surface area contributed by atoms with Crippen LogP contribution in [-0.2, 0) is 17.3 Å². The van der Waals surface area contributed by atoms with Crippen LogP contribution < -0.4 is 9.30 Å². The fraction of sp³-hybridized carbons (Fsp3) is 0.118. The highest BCUT2D eigenvalue weighted by atomic mass is 16.5. The zero-order valence-electron chi connectivity index (χ0n) is 41.9. The number of hydrogen-bond acceptors (Lipinski definition) is 2. The number of fused-ring (bicyclic) bond motifs is 4. The second-order valence-corrected chi connectivity index (χ2v) is 20.8. The molecule has 0 saturated carbocycles. The molecular formula is C68H56N4O. The summed E-state index contributed by atoms with van der Waals surface area (Å²) in [5.74, 6) is 2.32. The van der Waals surface area contributed by atoms with Crippen molar-refractivity contribution in [3.63, 3.8) is 0 Å². The Morgan fingerprint density at radius 1 is 0.479 bits per heavy atom. The van der Waals surface area contributed by atoms with E-state index in [4.69, 9.17) is 9.72 Å². The summed E-state index contributed by atoms with van der Waals surface area (Å²) >= 11 is 0. The molecule has 0 saturated heterocycles. The zero-order chi connectivity index (χ0) is 49.7. The van der Waals surface area contributed by atoms with Crippen LogP contribution in [0.25, 0.3) is 83.4 Å². The highest BCUT2D eigenvalue weighted by Gasteiger charge is 2.26. The lowest BCUT2D eigenvalue weighted by Gasteiger charge is -2.27. The Hall–Kier alpha value is -8.80. The van der Waals surface area contributed by atoms with Crippen LogP contribution in [0.4, 0.5) is 0 Å². The second-order valence-electron chi connectivity index (χ2n) is 20.8. The normalized spacial score (nSPS) is 12.0. The van der Waals surface area contributed by atoms with Gasteiger partial charge in [-0.1, -0.05) is 211 Å². The number of benzene rings is 9. The SMILES string of the molecule is CC(C)(C)c1ccc2c(c1)c1ccc(Oc3cccc(-n4[c-][n+](-c5c(-c6ccccc6)cccc5-c5ccccc5)c5ccccc54)c3)cc1n2-c1cc(CC(C)(C)c2ccccc2)c(-c2ccccc2)cn1. The lowest BCUT2D eigenvalue weighted by atomic mass is 9.78. The van der Waals surface area contributed by atoms with Crippen molar-refractivity contribution in [2.75, 3.05) is 0 Å². The third kappa shape index (κ3) is 8.57. The number of para-hydroxylation sites is 3. The topological polar surface area (TPSA) is 35.9 Å². The average Bonchev–Trinajstić information content (AvgIpc) is 3.97. The van der Waals surface area contributed by atoms with Gasteiger partial charge in [-0.15, -0.1) is 0 Å². The minimum atomic E-state index is -0.135. The molecule has 354 valence electrons. The van der Waals surface area contributed by atoms with E-state index in [1.807, 2.05) is 6.07 Å². The average molecular weight is 945 g/mol. The van der Waals surface area contributed by atoms with E-state index < -0.39 is 0 Å². The number of imidazole rings is 1. The molecule has 5 nitrogen and oxygen atoms in total. The molecule has 9 aromatic carbocycles. The van der Waals surface area contributed by atoms with Gasteiger partial charge in [0.25, 0.3) is 6.33 Å². The summed E-state index contributed by atoms with van der Waals surface area (Å²) in [7, 11) is 0. The van der Waals surface area contributed by atoms with Gasteiger partial charge in [-0.3, -0.25) is 13.7 Å². The van der Waals surface area contributed by atoms with Crippen molar-refractivity contribution in [3.05, 3.63) is 260 Å². The summed E-state index contributed by atoms with van der Waals surface area (Å²) in [4.78, 5) is 5.30. The molecule has 0 amide bonds. The summed E-state index contributed by atoms with van der Waals surface area (Å²) < 4.78 is 13.6. The molecular weight excluding hydrogens is 889 g/mol. The maximum atomic E-state index is 6.92. The standard InChI is InChI=1S/C68H56N4O/c1-67(2,3)52-36-39-61-59(41-52)58-38-37-55(43-64(58)72(61)65-40-50(44-68(4,5)51-28-16-9-17-29-51)60(45-69-65)49-26-14-8-15-27-49)73-54-31-20-30-53(42-54)70-46-71(63-35-19-18-34-62(63)70)66-56(47-22-10-6-11-23-47)32-21-33-57(66)48-24-12-7-13-25-48/h6-43,45H,44H2,1-5H3. The highest BCUT2D eigenvalue weighted by Crippen LogP contribution is 2.40. The summed E-state index contributed by atoms with van der Waals surface area (Å²) in [6.45, 7) is 11.5. The fourth-order valence-corrected chi connectivity index (χ4v) is 10.6. The molecule has 12 aromatic rings. The van der Waals surface area contributed by atoms with Crippen molar-refractivity contribution in [3.8, 4) is 62.1 Å². The molecule has 12 rings (SSSR count). The molecule has 0 bridgehead atoms. The molecule has 0 unspecified atom stereocenters. The van der Waals surface area contributed by atoms with Gasteiger partial charge < -0.3 is 4.74 Å². The largest absolute Gasteiger partial charge is 0.458 e. The molecule has 3 aromatic heterocycles. The minimum Gasteiger partial charge on any atom is -0.458 e. The Morgan fingerprint density at radius 3 is 1.75 bits per heavy atom. The molecule has 0 fully saturated rings. The minimum absolute atomic E-state index is 0.0281. The van der Waals surface area contributed by atoms with E-state index in [1.54, 1.807) is 0 Å². The van der Waals surface area contributed by atoms with Gasteiger partial charge in [-0.25, -0.2) is 4.98 Å². The Labute approximate surface area is 427 Å². The van der Waals surface area contributed by atoms with Crippen molar-refractivity contribution in [2.45, 2.75) is 51.9 Å². The van der Waals surface area contributed by atoms with Gasteiger partial charge in [0.1, 0.15) is 17.3 Å². The van der Waals surface area contributed by atoms with Gasteiger partial charge in [0.15, 0.2) is 0 Å². The van der Waals surface area contributed by atoms with E-state index >= 15 is 0 Å². The van der Waals surface area contributed by atoms with Crippen LogP contribution >= 0.6 is 0 Å². The molecule has 5 heteroatoms. The zero-order valence-corrected chi connectivity index (χ0v) is 41.9. The predicted molar refractivity (Wildman–Crippen MR) is 300 cm³/mol. The number of aromatic nitrogens is 4. The lowest BCUT2D eigenvalue weighted by molar-refractivity contribution is -0.571.